The van der Waals surface area contributed by atoms with Gasteiger partial charge in [0, 0.05) is 17.8 Å². The number of fused-ring (bicyclic) bond motifs is 1. The van der Waals surface area contributed by atoms with Gasteiger partial charge in [0.1, 0.15) is 6.10 Å². The van der Waals surface area contributed by atoms with Crippen molar-refractivity contribution in [3.05, 3.63) is 53.9 Å². The maximum atomic E-state index is 11.9. The molecule has 1 aliphatic rings. The molecule has 2 aromatic heterocycles. The lowest BCUT2D eigenvalue weighted by Gasteiger charge is -2.17. The second-order valence-electron chi connectivity index (χ2n) is 7.45. The number of anilines is 1. The molecule has 146 valence electrons. The first-order valence-corrected chi connectivity index (χ1v) is 9.45. The average Bonchev–Trinajstić information content (AvgIpc) is 3.46. The van der Waals surface area contributed by atoms with E-state index in [1.165, 1.54) is 19.0 Å². The molecule has 5 N–H and O–H groups in total. The van der Waals surface area contributed by atoms with E-state index in [0.717, 1.165) is 16.6 Å². The number of benzene rings is 1. The minimum atomic E-state index is -0.923. The average molecular weight is 380 g/mol. The number of nitrogens with one attached hydrogen (secondary N) is 1. The molecule has 0 bridgehead atoms. The van der Waals surface area contributed by atoms with Crippen LogP contribution in [0.15, 0.2) is 42.7 Å². The quantitative estimate of drug-likeness (QED) is 0.502. The number of carbonyl (C=O) groups excluding carboxylic acids is 1. The second-order valence-corrected chi connectivity index (χ2v) is 7.45. The lowest BCUT2D eigenvalue weighted by atomic mass is 10.0. The normalized spacial score (nSPS) is 16.1. The minimum Gasteiger partial charge on any atom is -0.393 e. The van der Waals surface area contributed by atoms with Crippen molar-refractivity contribution in [2.45, 2.75) is 31.9 Å². The summed E-state index contributed by atoms with van der Waals surface area (Å²) in [6, 6.07) is 9.56. The Hall–Kier alpha value is -2.90. The number of aromatic nitrogens is 2. The number of rotatable bonds is 7. The maximum absolute atomic E-state index is 11.9. The fraction of sp³-hybridized carbons (Fsp3) is 0.333. The van der Waals surface area contributed by atoms with E-state index < -0.39 is 12.0 Å². The van der Waals surface area contributed by atoms with E-state index in [1.54, 1.807) is 10.6 Å². The molecule has 7 nitrogen and oxygen atoms in total. The van der Waals surface area contributed by atoms with E-state index in [9.17, 15) is 15.0 Å². The standard InChI is InChI=1S/C21H24N4O3/c1-12(13-5-6-13)24-20-17(21(22)28)9-23-25-10-16(8-18(20)25)14-3-2-4-15(7-14)19(27)11-26/h2-4,7-10,12-13,19,24,26-27H,5-6,11H2,1H3,(H2,22,28). The summed E-state index contributed by atoms with van der Waals surface area (Å²) >= 11 is 0. The fourth-order valence-electron chi connectivity index (χ4n) is 3.53. The zero-order valence-corrected chi connectivity index (χ0v) is 15.7. The molecule has 3 aromatic rings. The molecule has 0 aliphatic heterocycles. The van der Waals surface area contributed by atoms with Crippen molar-refractivity contribution < 1.29 is 15.0 Å². The second kappa shape index (κ2) is 7.26. The molecule has 7 heteroatoms. The first-order valence-electron chi connectivity index (χ1n) is 9.45. The number of nitrogens with zero attached hydrogens (tertiary/aromatic N) is 2. The molecule has 2 heterocycles. The summed E-state index contributed by atoms with van der Waals surface area (Å²) in [7, 11) is 0. The Morgan fingerprint density at radius 2 is 2.14 bits per heavy atom. The Morgan fingerprint density at radius 3 is 2.82 bits per heavy atom. The highest BCUT2D eigenvalue weighted by Crippen LogP contribution is 2.36. The summed E-state index contributed by atoms with van der Waals surface area (Å²) in [5, 5.41) is 26.9. The highest BCUT2D eigenvalue weighted by molar-refractivity contribution is 6.02. The van der Waals surface area contributed by atoms with Gasteiger partial charge in [0.05, 0.1) is 29.6 Å². The largest absolute Gasteiger partial charge is 0.393 e. The number of aliphatic hydroxyl groups is 2. The van der Waals surface area contributed by atoms with E-state index in [2.05, 4.69) is 17.3 Å². The number of nitrogens with two attached hydrogens (primary N) is 1. The van der Waals surface area contributed by atoms with Crippen LogP contribution >= 0.6 is 0 Å². The molecule has 1 saturated carbocycles. The summed E-state index contributed by atoms with van der Waals surface area (Å²) in [6.07, 6.45) is 4.82. The third-order valence-electron chi connectivity index (χ3n) is 5.38. The summed E-state index contributed by atoms with van der Waals surface area (Å²) in [5.74, 6) is 0.0938. The molecular weight excluding hydrogens is 356 g/mol. The van der Waals surface area contributed by atoms with Gasteiger partial charge in [-0.05, 0) is 48.9 Å². The molecule has 2 atom stereocenters. The van der Waals surface area contributed by atoms with Crippen LogP contribution in [0.5, 0.6) is 0 Å². The van der Waals surface area contributed by atoms with Gasteiger partial charge in [-0.15, -0.1) is 0 Å². The Balaban J connectivity index is 1.79. The lowest BCUT2D eigenvalue weighted by molar-refractivity contribution is 0.0956. The Kier molecular flexibility index (Phi) is 4.78. The predicted molar refractivity (Wildman–Crippen MR) is 107 cm³/mol. The molecule has 0 saturated heterocycles. The van der Waals surface area contributed by atoms with Crippen LogP contribution in [0.2, 0.25) is 0 Å². The van der Waals surface area contributed by atoms with Crippen LogP contribution in [0.4, 0.5) is 5.69 Å². The Morgan fingerprint density at radius 1 is 1.36 bits per heavy atom. The third-order valence-corrected chi connectivity index (χ3v) is 5.38. The number of carbonyl (C=O) groups is 1. The number of primary amides is 1. The lowest BCUT2D eigenvalue weighted by Crippen LogP contribution is -2.22. The predicted octanol–water partition coefficient (Wildman–Crippen LogP) is 2.34. The maximum Gasteiger partial charge on any atom is 0.252 e. The molecule has 0 radical (unpaired) electrons. The van der Waals surface area contributed by atoms with Gasteiger partial charge in [0.25, 0.3) is 5.91 Å². The van der Waals surface area contributed by atoms with Crippen LogP contribution in [0.25, 0.3) is 16.6 Å². The van der Waals surface area contributed by atoms with E-state index in [1.807, 2.05) is 30.5 Å². The molecule has 1 fully saturated rings. The zero-order chi connectivity index (χ0) is 19.8. The van der Waals surface area contributed by atoms with Crippen LogP contribution in [0.1, 0.15) is 41.8 Å². The van der Waals surface area contributed by atoms with Crippen molar-refractivity contribution in [3.8, 4) is 11.1 Å². The van der Waals surface area contributed by atoms with Crippen molar-refractivity contribution >= 4 is 17.1 Å². The highest BCUT2D eigenvalue weighted by Gasteiger charge is 2.29. The van der Waals surface area contributed by atoms with Gasteiger partial charge < -0.3 is 21.3 Å². The summed E-state index contributed by atoms with van der Waals surface area (Å²) < 4.78 is 1.72. The van der Waals surface area contributed by atoms with Gasteiger partial charge in [-0.25, -0.2) is 4.52 Å². The SMILES string of the molecule is CC(Nc1c(C(N)=O)cnn2cc(-c3cccc(C(O)CO)c3)cc12)C1CC1. The highest BCUT2D eigenvalue weighted by atomic mass is 16.3. The Labute approximate surface area is 162 Å². The van der Waals surface area contributed by atoms with Crippen molar-refractivity contribution in [1.82, 2.24) is 9.61 Å². The van der Waals surface area contributed by atoms with Gasteiger partial charge in [-0.1, -0.05) is 18.2 Å². The van der Waals surface area contributed by atoms with E-state index in [-0.39, 0.29) is 12.6 Å². The molecule has 28 heavy (non-hydrogen) atoms. The smallest absolute Gasteiger partial charge is 0.252 e. The first-order chi connectivity index (χ1) is 13.5. The number of hydrogen-bond donors (Lipinski definition) is 4. The van der Waals surface area contributed by atoms with Crippen molar-refractivity contribution in [2.24, 2.45) is 11.7 Å². The van der Waals surface area contributed by atoms with E-state index >= 15 is 0 Å². The van der Waals surface area contributed by atoms with Crippen LogP contribution < -0.4 is 11.1 Å². The van der Waals surface area contributed by atoms with Crippen molar-refractivity contribution in [1.29, 1.82) is 0 Å². The van der Waals surface area contributed by atoms with Gasteiger partial charge in [0.2, 0.25) is 0 Å². The number of aliphatic hydroxyl groups excluding tert-OH is 2. The third kappa shape index (κ3) is 3.46. The fourth-order valence-corrected chi connectivity index (χ4v) is 3.53. The molecule has 2 unspecified atom stereocenters. The monoisotopic (exact) mass is 380 g/mol. The summed E-state index contributed by atoms with van der Waals surface area (Å²) in [4.78, 5) is 11.9. The summed E-state index contributed by atoms with van der Waals surface area (Å²) in [5.41, 5.74) is 9.83. The van der Waals surface area contributed by atoms with Crippen LogP contribution in [-0.2, 0) is 0 Å². The van der Waals surface area contributed by atoms with Crippen molar-refractivity contribution in [3.63, 3.8) is 0 Å². The van der Waals surface area contributed by atoms with E-state index in [0.29, 0.717) is 22.7 Å². The van der Waals surface area contributed by atoms with Crippen molar-refractivity contribution in [2.75, 3.05) is 11.9 Å². The van der Waals surface area contributed by atoms with Gasteiger partial charge in [0.15, 0.2) is 0 Å². The molecule has 1 aliphatic carbocycles. The Bertz CT molecular complexity index is 1030. The molecule has 4 rings (SSSR count). The minimum absolute atomic E-state index is 0.241. The van der Waals surface area contributed by atoms with Crippen LogP contribution in [0.3, 0.4) is 0 Å². The summed E-state index contributed by atoms with van der Waals surface area (Å²) in [6.45, 7) is 1.78. The van der Waals surface area contributed by atoms with Crippen LogP contribution in [-0.4, -0.2) is 38.4 Å². The molecular formula is C21H24N4O3. The van der Waals surface area contributed by atoms with E-state index in [4.69, 9.17) is 5.73 Å². The topological polar surface area (TPSA) is 113 Å². The molecule has 0 spiro atoms. The molecule has 1 amide bonds. The van der Waals surface area contributed by atoms with Crippen LogP contribution in [0, 0.1) is 5.92 Å². The van der Waals surface area contributed by atoms with Gasteiger partial charge in [-0.2, -0.15) is 5.10 Å². The molecule has 1 aromatic carbocycles. The number of amides is 1. The number of hydrogen-bond acceptors (Lipinski definition) is 5. The van der Waals surface area contributed by atoms with Gasteiger partial charge in [-0.3, -0.25) is 4.79 Å². The zero-order valence-electron chi connectivity index (χ0n) is 15.7. The first kappa shape index (κ1) is 18.5. The van der Waals surface area contributed by atoms with Gasteiger partial charge >= 0.3 is 0 Å².